The van der Waals surface area contributed by atoms with Gasteiger partial charge in [0.15, 0.2) is 0 Å². The summed E-state index contributed by atoms with van der Waals surface area (Å²) in [6, 6.07) is 20.7. The van der Waals surface area contributed by atoms with E-state index < -0.39 is 17.8 Å². The highest BCUT2D eigenvalue weighted by molar-refractivity contribution is 6.13. The van der Waals surface area contributed by atoms with Gasteiger partial charge >= 0.3 is 11.9 Å². The summed E-state index contributed by atoms with van der Waals surface area (Å²) in [6.45, 7) is 3.70. The van der Waals surface area contributed by atoms with Crippen LogP contribution in [0.4, 0.5) is 5.69 Å². The predicted molar refractivity (Wildman–Crippen MR) is 140 cm³/mol. The first-order valence-corrected chi connectivity index (χ1v) is 11.8. The predicted octanol–water partition coefficient (Wildman–Crippen LogP) is 5.52. The summed E-state index contributed by atoms with van der Waals surface area (Å²) in [6.07, 6.45) is 0. The number of aromatic nitrogens is 1. The molecule has 3 aromatic carbocycles. The number of fused-ring (bicyclic) bond motifs is 1. The number of hydrogen-bond acceptors (Lipinski definition) is 7. The summed E-state index contributed by atoms with van der Waals surface area (Å²) in [7, 11) is 1.57. The number of anilines is 1. The van der Waals surface area contributed by atoms with Crippen molar-refractivity contribution in [2.24, 2.45) is 0 Å². The molecule has 0 fully saturated rings. The molecule has 1 aromatic heterocycles. The van der Waals surface area contributed by atoms with Crippen LogP contribution in [0.15, 0.2) is 72.8 Å². The number of methoxy groups -OCH3 is 1. The number of ether oxygens (including phenoxy) is 3. The highest BCUT2D eigenvalue weighted by Gasteiger charge is 2.19. The van der Waals surface area contributed by atoms with Gasteiger partial charge < -0.3 is 19.5 Å². The monoisotopic (exact) mass is 498 g/mol. The highest BCUT2D eigenvalue weighted by atomic mass is 16.5. The van der Waals surface area contributed by atoms with Crippen LogP contribution in [-0.2, 0) is 9.47 Å². The summed E-state index contributed by atoms with van der Waals surface area (Å²) in [4.78, 5) is 43.1. The van der Waals surface area contributed by atoms with Crippen molar-refractivity contribution < 1.29 is 28.6 Å². The number of esters is 2. The van der Waals surface area contributed by atoms with E-state index in [-0.39, 0.29) is 30.0 Å². The first-order valence-electron chi connectivity index (χ1n) is 11.8. The molecule has 0 aliphatic heterocycles. The van der Waals surface area contributed by atoms with Gasteiger partial charge in [-0.3, -0.25) is 4.79 Å². The number of carbonyl (C=O) groups is 3. The second kappa shape index (κ2) is 11.3. The zero-order chi connectivity index (χ0) is 26.4. The van der Waals surface area contributed by atoms with E-state index in [0.29, 0.717) is 27.9 Å². The average Bonchev–Trinajstić information content (AvgIpc) is 2.92. The second-order valence-electron chi connectivity index (χ2n) is 7.97. The van der Waals surface area contributed by atoms with Gasteiger partial charge in [-0.15, -0.1) is 0 Å². The molecule has 0 radical (unpaired) electrons. The second-order valence-corrected chi connectivity index (χ2v) is 7.97. The van der Waals surface area contributed by atoms with Gasteiger partial charge in [0.1, 0.15) is 5.75 Å². The van der Waals surface area contributed by atoms with E-state index in [4.69, 9.17) is 19.2 Å². The molecule has 0 aliphatic rings. The number of benzene rings is 3. The van der Waals surface area contributed by atoms with Crippen molar-refractivity contribution in [2.75, 3.05) is 25.6 Å². The SMILES string of the molecule is CCOC(=O)c1cc(NC(=O)c2cc(-c3ccccc3OC)nc3ccccc23)cc(C(=O)OCC)c1. The number of hydrogen-bond donors (Lipinski definition) is 1. The van der Waals surface area contributed by atoms with Crippen molar-refractivity contribution in [1.29, 1.82) is 0 Å². The van der Waals surface area contributed by atoms with Crippen LogP contribution in [0.2, 0.25) is 0 Å². The van der Waals surface area contributed by atoms with Crippen LogP contribution in [-0.4, -0.2) is 43.2 Å². The lowest BCUT2D eigenvalue weighted by molar-refractivity contribution is 0.0525. The minimum absolute atomic E-state index is 0.122. The Morgan fingerprint density at radius 2 is 1.43 bits per heavy atom. The molecule has 0 unspecified atom stereocenters. The summed E-state index contributed by atoms with van der Waals surface area (Å²) >= 11 is 0. The maximum absolute atomic E-state index is 13.6. The Kier molecular flexibility index (Phi) is 7.78. The van der Waals surface area contributed by atoms with Gasteiger partial charge in [-0.1, -0.05) is 30.3 Å². The van der Waals surface area contributed by atoms with Crippen molar-refractivity contribution in [3.63, 3.8) is 0 Å². The van der Waals surface area contributed by atoms with Crippen LogP contribution in [0.3, 0.4) is 0 Å². The van der Waals surface area contributed by atoms with Gasteiger partial charge in [0.2, 0.25) is 0 Å². The maximum atomic E-state index is 13.6. The summed E-state index contributed by atoms with van der Waals surface area (Å²) in [5.74, 6) is -1.04. The Bertz CT molecular complexity index is 1440. The van der Waals surface area contributed by atoms with Crippen molar-refractivity contribution in [3.8, 4) is 17.0 Å². The molecular formula is C29H26N2O6. The molecule has 4 rings (SSSR count). The molecule has 37 heavy (non-hydrogen) atoms. The maximum Gasteiger partial charge on any atom is 0.338 e. The van der Waals surface area contributed by atoms with Gasteiger partial charge in [0.05, 0.1) is 48.2 Å². The zero-order valence-corrected chi connectivity index (χ0v) is 20.7. The Labute approximate surface area is 214 Å². The van der Waals surface area contributed by atoms with Crippen LogP contribution >= 0.6 is 0 Å². The molecule has 1 heterocycles. The lowest BCUT2D eigenvalue weighted by Crippen LogP contribution is -2.15. The molecule has 0 saturated carbocycles. The van der Waals surface area contributed by atoms with Crippen LogP contribution in [0.5, 0.6) is 5.75 Å². The van der Waals surface area contributed by atoms with Crippen molar-refractivity contribution in [1.82, 2.24) is 4.98 Å². The Morgan fingerprint density at radius 3 is 2.08 bits per heavy atom. The number of pyridine rings is 1. The van der Waals surface area contributed by atoms with E-state index in [1.54, 1.807) is 27.0 Å². The van der Waals surface area contributed by atoms with Crippen molar-refractivity contribution >= 4 is 34.4 Å². The molecule has 0 spiro atoms. The number of rotatable bonds is 8. The summed E-state index contributed by atoms with van der Waals surface area (Å²) < 4.78 is 15.7. The lowest BCUT2D eigenvalue weighted by Gasteiger charge is -2.14. The minimum atomic E-state index is -0.614. The summed E-state index contributed by atoms with van der Waals surface area (Å²) in [5, 5.41) is 3.46. The van der Waals surface area contributed by atoms with Gasteiger partial charge in [0.25, 0.3) is 5.91 Å². The normalized spacial score (nSPS) is 10.6. The third kappa shape index (κ3) is 5.59. The molecular weight excluding hydrogens is 472 g/mol. The number of nitrogens with zero attached hydrogens (tertiary/aromatic N) is 1. The molecule has 4 aromatic rings. The molecule has 0 aliphatic carbocycles. The number of carbonyl (C=O) groups excluding carboxylic acids is 3. The molecule has 0 bridgehead atoms. The third-order valence-corrected chi connectivity index (χ3v) is 5.56. The van der Waals surface area contributed by atoms with E-state index in [1.165, 1.54) is 18.2 Å². The molecule has 1 N–H and O–H groups in total. The molecule has 8 heteroatoms. The molecule has 188 valence electrons. The van der Waals surface area contributed by atoms with Crippen LogP contribution in [0.1, 0.15) is 44.9 Å². The molecule has 8 nitrogen and oxygen atoms in total. The Hall–Kier alpha value is -4.72. The summed E-state index contributed by atoms with van der Waals surface area (Å²) in [5.41, 5.74) is 2.79. The number of nitrogens with one attached hydrogen (secondary N) is 1. The van der Waals surface area contributed by atoms with E-state index in [9.17, 15) is 14.4 Å². The highest BCUT2D eigenvalue weighted by Crippen LogP contribution is 2.31. The topological polar surface area (TPSA) is 104 Å². The van der Waals surface area contributed by atoms with Gasteiger partial charge in [-0.25, -0.2) is 14.6 Å². The van der Waals surface area contributed by atoms with Gasteiger partial charge in [0, 0.05) is 16.6 Å². The average molecular weight is 499 g/mol. The van der Waals surface area contributed by atoms with E-state index >= 15 is 0 Å². The van der Waals surface area contributed by atoms with Crippen molar-refractivity contribution in [2.45, 2.75) is 13.8 Å². The first kappa shape index (κ1) is 25.4. The molecule has 1 amide bonds. The zero-order valence-electron chi connectivity index (χ0n) is 20.7. The standard InChI is InChI=1S/C29H26N2O6/c1-4-36-28(33)18-14-19(29(34)37-5-2)16-20(15-18)30-27(32)23-17-25(22-11-7-9-13-26(22)35-3)31-24-12-8-6-10-21(23)24/h6-17H,4-5H2,1-3H3,(H,30,32). The minimum Gasteiger partial charge on any atom is -0.496 e. The number of amides is 1. The third-order valence-electron chi connectivity index (χ3n) is 5.56. The Morgan fingerprint density at radius 1 is 0.811 bits per heavy atom. The van der Waals surface area contributed by atoms with E-state index in [0.717, 1.165) is 5.56 Å². The fourth-order valence-electron chi connectivity index (χ4n) is 3.92. The van der Waals surface area contributed by atoms with Gasteiger partial charge in [-0.2, -0.15) is 0 Å². The molecule has 0 saturated heterocycles. The first-order chi connectivity index (χ1) is 17.9. The lowest BCUT2D eigenvalue weighted by atomic mass is 10.0. The quantitative estimate of drug-likeness (QED) is 0.319. The van der Waals surface area contributed by atoms with Crippen molar-refractivity contribution in [3.05, 3.63) is 89.5 Å². The van der Waals surface area contributed by atoms with Crippen LogP contribution in [0, 0.1) is 0 Å². The van der Waals surface area contributed by atoms with E-state index in [2.05, 4.69) is 5.32 Å². The smallest absolute Gasteiger partial charge is 0.338 e. The fourth-order valence-corrected chi connectivity index (χ4v) is 3.92. The van der Waals surface area contributed by atoms with E-state index in [1.807, 2.05) is 48.5 Å². The fraction of sp³-hybridized carbons (Fsp3) is 0.172. The molecule has 0 atom stereocenters. The largest absolute Gasteiger partial charge is 0.496 e. The van der Waals surface area contributed by atoms with Gasteiger partial charge in [-0.05, 0) is 56.3 Å². The van der Waals surface area contributed by atoms with Crippen LogP contribution < -0.4 is 10.1 Å². The Balaban J connectivity index is 1.78. The van der Waals surface area contributed by atoms with Crippen LogP contribution in [0.25, 0.3) is 22.2 Å². The number of para-hydroxylation sites is 2.